The standard InChI is InChI=1S/C17H19N3O6/c1-10-18-15(26-20-10)6-4-5-14(21)19-13-8-11(16(22)24-2)7-12(9-13)17(23)25-3/h7-9H,4-6H2,1-3H3,(H,19,21). The highest BCUT2D eigenvalue weighted by Gasteiger charge is 2.15. The largest absolute Gasteiger partial charge is 0.465 e. The van der Waals surface area contributed by atoms with Crippen molar-refractivity contribution in [2.45, 2.75) is 26.2 Å². The topological polar surface area (TPSA) is 121 Å². The van der Waals surface area contributed by atoms with E-state index in [-0.39, 0.29) is 23.5 Å². The summed E-state index contributed by atoms with van der Waals surface area (Å²) in [6.45, 7) is 1.72. The van der Waals surface area contributed by atoms with Gasteiger partial charge in [0.15, 0.2) is 5.82 Å². The molecule has 0 aliphatic carbocycles. The van der Waals surface area contributed by atoms with Crippen LogP contribution in [-0.4, -0.2) is 42.2 Å². The molecular weight excluding hydrogens is 342 g/mol. The molecule has 0 aliphatic heterocycles. The molecule has 1 aromatic heterocycles. The van der Waals surface area contributed by atoms with E-state index in [4.69, 9.17) is 4.52 Å². The molecule has 138 valence electrons. The van der Waals surface area contributed by atoms with Gasteiger partial charge in [0.2, 0.25) is 11.8 Å². The Morgan fingerprint density at radius 3 is 2.19 bits per heavy atom. The fraction of sp³-hybridized carbons (Fsp3) is 0.353. The molecule has 2 aromatic rings. The molecule has 0 atom stereocenters. The lowest BCUT2D eigenvalue weighted by Crippen LogP contribution is -2.14. The fourth-order valence-electron chi connectivity index (χ4n) is 2.24. The van der Waals surface area contributed by atoms with E-state index in [9.17, 15) is 14.4 Å². The molecule has 1 heterocycles. The third kappa shape index (κ3) is 5.13. The van der Waals surface area contributed by atoms with Crippen molar-refractivity contribution in [2.24, 2.45) is 0 Å². The Balaban J connectivity index is 2.03. The number of carbonyl (C=O) groups excluding carboxylic acids is 3. The number of hydrogen-bond donors (Lipinski definition) is 1. The molecule has 9 heteroatoms. The smallest absolute Gasteiger partial charge is 0.337 e. The van der Waals surface area contributed by atoms with E-state index < -0.39 is 11.9 Å². The summed E-state index contributed by atoms with van der Waals surface area (Å²) in [4.78, 5) is 39.6. The predicted octanol–water partition coefficient (Wildman–Crippen LogP) is 1.91. The first-order chi connectivity index (χ1) is 12.4. The van der Waals surface area contributed by atoms with Crippen LogP contribution in [0.3, 0.4) is 0 Å². The maximum absolute atomic E-state index is 12.1. The Hall–Kier alpha value is -3.23. The molecule has 0 spiro atoms. The number of aryl methyl sites for hydroxylation is 2. The van der Waals surface area contributed by atoms with Gasteiger partial charge in [-0.15, -0.1) is 0 Å². The molecule has 9 nitrogen and oxygen atoms in total. The number of benzene rings is 1. The van der Waals surface area contributed by atoms with Crippen LogP contribution in [0.4, 0.5) is 5.69 Å². The number of ether oxygens (including phenoxy) is 2. The Labute approximate surface area is 149 Å². The van der Waals surface area contributed by atoms with Crippen LogP contribution in [0, 0.1) is 6.92 Å². The summed E-state index contributed by atoms with van der Waals surface area (Å²) in [6.07, 6.45) is 1.19. The Morgan fingerprint density at radius 1 is 1.08 bits per heavy atom. The highest BCUT2D eigenvalue weighted by atomic mass is 16.5. The molecule has 2 rings (SSSR count). The molecule has 0 unspecified atom stereocenters. The third-order valence-electron chi connectivity index (χ3n) is 3.42. The van der Waals surface area contributed by atoms with Gasteiger partial charge in [-0.2, -0.15) is 4.98 Å². The predicted molar refractivity (Wildman–Crippen MR) is 89.7 cm³/mol. The van der Waals surface area contributed by atoms with Crippen molar-refractivity contribution >= 4 is 23.5 Å². The number of aromatic nitrogens is 2. The van der Waals surface area contributed by atoms with Crippen molar-refractivity contribution in [3.63, 3.8) is 0 Å². The highest BCUT2D eigenvalue weighted by molar-refractivity contribution is 5.99. The average Bonchev–Trinajstić information content (AvgIpc) is 3.05. The van der Waals surface area contributed by atoms with Gasteiger partial charge in [0.1, 0.15) is 0 Å². The van der Waals surface area contributed by atoms with Crippen LogP contribution in [0.15, 0.2) is 22.7 Å². The maximum atomic E-state index is 12.1. The summed E-state index contributed by atoms with van der Waals surface area (Å²) >= 11 is 0. The molecule has 0 fully saturated rings. The minimum atomic E-state index is -0.627. The summed E-state index contributed by atoms with van der Waals surface area (Å²) in [6, 6.07) is 4.19. The first-order valence-electron chi connectivity index (χ1n) is 7.83. The van der Waals surface area contributed by atoms with E-state index >= 15 is 0 Å². The van der Waals surface area contributed by atoms with Gasteiger partial charge in [0.25, 0.3) is 0 Å². The zero-order chi connectivity index (χ0) is 19.1. The van der Waals surface area contributed by atoms with Crippen LogP contribution in [0.5, 0.6) is 0 Å². The minimum absolute atomic E-state index is 0.132. The van der Waals surface area contributed by atoms with Crippen LogP contribution < -0.4 is 5.32 Å². The average molecular weight is 361 g/mol. The molecule has 0 saturated carbocycles. The van der Waals surface area contributed by atoms with Gasteiger partial charge in [0, 0.05) is 18.5 Å². The number of amides is 1. The number of methoxy groups -OCH3 is 2. The third-order valence-corrected chi connectivity index (χ3v) is 3.42. The van der Waals surface area contributed by atoms with Crippen LogP contribution in [-0.2, 0) is 20.7 Å². The summed E-state index contributed by atoms with van der Waals surface area (Å²) in [5, 5.41) is 6.33. The van der Waals surface area contributed by atoms with Gasteiger partial charge in [-0.3, -0.25) is 4.79 Å². The second kappa shape index (κ2) is 8.75. The van der Waals surface area contributed by atoms with Crippen molar-refractivity contribution < 1.29 is 28.4 Å². The van der Waals surface area contributed by atoms with Crippen LogP contribution in [0.2, 0.25) is 0 Å². The maximum Gasteiger partial charge on any atom is 0.337 e. The van der Waals surface area contributed by atoms with Crippen LogP contribution >= 0.6 is 0 Å². The SMILES string of the molecule is COC(=O)c1cc(NC(=O)CCCc2nc(C)no2)cc(C(=O)OC)c1. The van der Waals surface area contributed by atoms with E-state index in [2.05, 4.69) is 24.9 Å². The summed E-state index contributed by atoms with van der Waals surface area (Å²) < 4.78 is 14.3. The van der Waals surface area contributed by atoms with E-state index in [1.807, 2.05) is 0 Å². The van der Waals surface area contributed by atoms with Gasteiger partial charge in [-0.05, 0) is 31.5 Å². The van der Waals surface area contributed by atoms with E-state index in [0.717, 1.165) is 0 Å². The number of nitrogens with one attached hydrogen (secondary N) is 1. The second-order valence-corrected chi connectivity index (χ2v) is 5.42. The van der Waals surface area contributed by atoms with E-state index in [1.54, 1.807) is 6.92 Å². The molecule has 0 bridgehead atoms. The van der Waals surface area contributed by atoms with Crippen molar-refractivity contribution in [1.29, 1.82) is 0 Å². The number of anilines is 1. The van der Waals surface area contributed by atoms with Gasteiger partial charge in [0.05, 0.1) is 25.3 Å². The molecule has 0 radical (unpaired) electrons. The lowest BCUT2D eigenvalue weighted by molar-refractivity contribution is -0.116. The van der Waals surface area contributed by atoms with E-state index in [0.29, 0.717) is 30.2 Å². The number of hydrogen-bond acceptors (Lipinski definition) is 8. The van der Waals surface area contributed by atoms with Crippen molar-refractivity contribution in [3.8, 4) is 0 Å². The van der Waals surface area contributed by atoms with Gasteiger partial charge >= 0.3 is 11.9 Å². The molecule has 1 amide bonds. The summed E-state index contributed by atoms with van der Waals surface area (Å²) in [7, 11) is 2.45. The number of nitrogens with zero attached hydrogens (tertiary/aromatic N) is 2. The number of rotatable bonds is 7. The molecule has 26 heavy (non-hydrogen) atoms. The zero-order valence-electron chi connectivity index (χ0n) is 14.7. The van der Waals surface area contributed by atoms with Crippen molar-refractivity contribution in [1.82, 2.24) is 10.1 Å². The summed E-state index contributed by atoms with van der Waals surface area (Å²) in [5.74, 6) is -0.523. The van der Waals surface area contributed by atoms with Crippen molar-refractivity contribution in [3.05, 3.63) is 41.0 Å². The monoisotopic (exact) mass is 361 g/mol. The Morgan fingerprint density at radius 2 is 1.69 bits per heavy atom. The normalized spacial score (nSPS) is 10.3. The Kier molecular flexibility index (Phi) is 6.42. The highest BCUT2D eigenvalue weighted by Crippen LogP contribution is 2.17. The first kappa shape index (κ1) is 19.1. The molecule has 0 aliphatic rings. The molecule has 0 saturated heterocycles. The first-order valence-corrected chi connectivity index (χ1v) is 7.83. The van der Waals surface area contributed by atoms with Gasteiger partial charge in [-0.25, -0.2) is 9.59 Å². The lowest BCUT2D eigenvalue weighted by atomic mass is 10.1. The van der Waals surface area contributed by atoms with Gasteiger partial charge in [-0.1, -0.05) is 5.16 Å². The molecular formula is C17H19N3O6. The number of esters is 2. The quantitative estimate of drug-likeness (QED) is 0.743. The molecule has 1 aromatic carbocycles. The number of carbonyl (C=O) groups is 3. The minimum Gasteiger partial charge on any atom is -0.465 e. The van der Waals surface area contributed by atoms with E-state index in [1.165, 1.54) is 32.4 Å². The summed E-state index contributed by atoms with van der Waals surface area (Å²) in [5.41, 5.74) is 0.561. The fourth-order valence-corrected chi connectivity index (χ4v) is 2.24. The zero-order valence-corrected chi connectivity index (χ0v) is 14.7. The van der Waals surface area contributed by atoms with Crippen LogP contribution in [0.1, 0.15) is 45.3 Å². The lowest BCUT2D eigenvalue weighted by Gasteiger charge is -2.09. The van der Waals surface area contributed by atoms with Crippen molar-refractivity contribution in [2.75, 3.05) is 19.5 Å². The van der Waals surface area contributed by atoms with Gasteiger partial charge < -0.3 is 19.3 Å². The van der Waals surface area contributed by atoms with Crippen LogP contribution in [0.25, 0.3) is 0 Å². The Bertz CT molecular complexity index is 780. The molecule has 1 N–H and O–H groups in total. The second-order valence-electron chi connectivity index (χ2n) is 5.42.